The zero-order valence-electron chi connectivity index (χ0n) is 14.4. The molecule has 2 aromatic carbocycles. The van der Waals surface area contributed by atoms with Gasteiger partial charge in [-0.25, -0.2) is 9.36 Å². The molecule has 6 heteroatoms. The monoisotopic (exact) mass is 358 g/mol. The Morgan fingerprint density at radius 2 is 1.46 bits per heavy atom. The Balaban J connectivity index is 2.31. The molecule has 0 aliphatic heterocycles. The molecule has 0 saturated heterocycles. The maximum Gasteiger partial charge on any atom is 0.388 e. The third-order valence-electron chi connectivity index (χ3n) is 4.08. The third kappa shape index (κ3) is 3.54. The van der Waals surface area contributed by atoms with Gasteiger partial charge in [0.1, 0.15) is 0 Å². The van der Waals surface area contributed by atoms with E-state index in [1.165, 1.54) is 9.36 Å². The van der Waals surface area contributed by atoms with E-state index < -0.39 is 6.61 Å². The Morgan fingerprint density at radius 1 is 0.923 bits per heavy atom. The van der Waals surface area contributed by atoms with Gasteiger partial charge in [-0.3, -0.25) is 4.79 Å². The highest BCUT2D eigenvalue weighted by molar-refractivity contribution is 5.43. The van der Waals surface area contributed by atoms with E-state index >= 15 is 0 Å². The van der Waals surface area contributed by atoms with Gasteiger partial charge in [-0.05, 0) is 37.1 Å². The summed E-state index contributed by atoms with van der Waals surface area (Å²) in [6.45, 7) is -1.03. The largest absolute Gasteiger partial charge is 0.416 e. The fourth-order valence-electron chi connectivity index (χ4n) is 2.91. The SMILES string of the molecule is CCCCc1c(OC(F)F)n(-c2ccccc2)n(-c2ccccc2)c1=O. The van der Waals surface area contributed by atoms with Crippen molar-refractivity contribution in [3.05, 3.63) is 76.6 Å². The van der Waals surface area contributed by atoms with Gasteiger partial charge in [0.2, 0.25) is 5.88 Å². The van der Waals surface area contributed by atoms with E-state index in [9.17, 15) is 13.6 Å². The van der Waals surface area contributed by atoms with Gasteiger partial charge in [0, 0.05) is 0 Å². The standard InChI is InChI=1S/C20H20F2N2O2/c1-2-3-14-17-18(25)23(15-10-6-4-7-11-15)24(19(17)26-20(21)22)16-12-8-5-9-13-16/h4-13,20H,2-3,14H2,1H3. The minimum Gasteiger partial charge on any atom is -0.416 e. The quantitative estimate of drug-likeness (QED) is 0.620. The topological polar surface area (TPSA) is 36.2 Å². The number of alkyl halides is 2. The lowest BCUT2D eigenvalue weighted by atomic mass is 10.1. The Hall–Kier alpha value is -2.89. The lowest BCUT2D eigenvalue weighted by Crippen LogP contribution is -2.21. The van der Waals surface area contributed by atoms with E-state index in [0.29, 0.717) is 24.2 Å². The number of ether oxygens (including phenoxy) is 1. The molecule has 0 unspecified atom stereocenters. The molecule has 0 spiro atoms. The molecular formula is C20H20F2N2O2. The second kappa shape index (κ2) is 7.99. The fraction of sp³-hybridized carbons (Fsp3) is 0.250. The van der Waals surface area contributed by atoms with Crippen molar-refractivity contribution >= 4 is 0 Å². The van der Waals surface area contributed by atoms with Crippen molar-refractivity contribution in [3.8, 4) is 17.3 Å². The van der Waals surface area contributed by atoms with Crippen molar-refractivity contribution in [1.82, 2.24) is 9.36 Å². The van der Waals surface area contributed by atoms with Gasteiger partial charge >= 0.3 is 6.61 Å². The average Bonchev–Trinajstić information content (AvgIpc) is 2.92. The highest BCUT2D eigenvalue weighted by atomic mass is 19.3. The van der Waals surface area contributed by atoms with E-state index in [1.807, 2.05) is 19.1 Å². The van der Waals surface area contributed by atoms with Gasteiger partial charge in [-0.1, -0.05) is 49.7 Å². The van der Waals surface area contributed by atoms with Crippen LogP contribution in [-0.4, -0.2) is 16.0 Å². The predicted molar refractivity (Wildman–Crippen MR) is 96.6 cm³/mol. The van der Waals surface area contributed by atoms with Gasteiger partial charge in [0.15, 0.2) is 0 Å². The lowest BCUT2D eigenvalue weighted by molar-refractivity contribution is -0.0552. The zero-order valence-corrected chi connectivity index (χ0v) is 14.4. The molecule has 0 aliphatic carbocycles. The minimum absolute atomic E-state index is 0.103. The summed E-state index contributed by atoms with van der Waals surface area (Å²) in [4.78, 5) is 13.1. The maximum absolute atomic E-state index is 13.1. The maximum atomic E-state index is 13.1. The van der Waals surface area contributed by atoms with Crippen LogP contribution in [0.3, 0.4) is 0 Å². The Kier molecular flexibility index (Phi) is 5.51. The number of unbranched alkanes of at least 4 members (excludes halogenated alkanes) is 1. The molecule has 0 fully saturated rings. The van der Waals surface area contributed by atoms with Crippen LogP contribution in [0.5, 0.6) is 5.88 Å². The number of benzene rings is 2. The molecular weight excluding hydrogens is 338 g/mol. The van der Waals surface area contributed by atoms with E-state index in [2.05, 4.69) is 0 Å². The molecule has 0 amide bonds. The first-order valence-corrected chi connectivity index (χ1v) is 8.56. The minimum atomic E-state index is -3.02. The van der Waals surface area contributed by atoms with Crippen LogP contribution in [0.2, 0.25) is 0 Å². The molecule has 3 rings (SSSR count). The van der Waals surface area contributed by atoms with Gasteiger partial charge in [-0.2, -0.15) is 8.78 Å². The van der Waals surface area contributed by atoms with Crippen LogP contribution < -0.4 is 10.3 Å². The van der Waals surface area contributed by atoms with Crippen LogP contribution in [0, 0.1) is 0 Å². The molecule has 0 aliphatic rings. The fourth-order valence-corrected chi connectivity index (χ4v) is 2.91. The van der Waals surface area contributed by atoms with Crippen molar-refractivity contribution in [1.29, 1.82) is 0 Å². The van der Waals surface area contributed by atoms with Gasteiger partial charge in [0.25, 0.3) is 5.56 Å². The van der Waals surface area contributed by atoms with Gasteiger partial charge in [0.05, 0.1) is 16.9 Å². The lowest BCUT2D eigenvalue weighted by Gasteiger charge is -2.15. The first kappa shape index (κ1) is 17.9. The van der Waals surface area contributed by atoms with Crippen LogP contribution in [0.15, 0.2) is 65.5 Å². The highest BCUT2D eigenvalue weighted by Crippen LogP contribution is 2.27. The number of nitrogens with zero attached hydrogens (tertiary/aromatic N) is 2. The molecule has 1 aromatic heterocycles. The second-order valence-electron chi connectivity index (χ2n) is 5.87. The first-order valence-electron chi connectivity index (χ1n) is 8.56. The van der Waals surface area contributed by atoms with Crippen molar-refractivity contribution in [3.63, 3.8) is 0 Å². The Bertz CT molecular complexity index is 903. The van der Waals surface area contributed by atoms with E-state index in [0.717, 1.165) is 6.42 Å². The molecule has 0 saturated carbocycles. The van der Waals surface area contributed by atoms with E-state index in [-0.39, 0.29) is 17.0 Å². The second-order valence-corrected chi connectivity index (χ2v) is 5.87. The summed E-state index contributed by atoms with van der Waals surface area (Å²) in [5.41, 5.74) is 1.08. The van der Waals surface area contributed by atoms with Gasteiger partial charge in [-0.15, -0.1) is 0 Å². The normalized spacial score (nSPS) is 11.1. The van der Waals surface area contributed by atoms with Crippen LogP contribution in [0.25, 0.3) is 11.4 Å². The average molecular weight is 358 g/mol. The van der Waals surface area contributed by atoms with Crippen molar-refractivity contribution < 1.29 is 13.5 Å². The van der Waals surface area contributed by atoms with Crippen molar-refractivity contribution in [2.24, 2.45) is 0 Å². The van der Waals surface area contributed by atoms with Crippen LogP contribution in [-0.2, 0) is 6.42 Å². The van der Waals surface area contributed by atoms with Crippen molar-refractivity contribution in [2.75, 3.05) is 0 Å². The number of rotatable bonds is 7. The smallest absolute Gasteiger partial charge is 0.388 e. The molecule has 0 N–H and O–H groups in total. The molecule has 136 valence electrons. The Labute approximate surface area is 150 Å². The van der Waals surface area contributed by atoms with Gasteiger partial charge < -0.3 is 4.74 Å². The molecule has 3 aromatic rings. The molecule has 4 nitrogen and oxygen atoms in total. The first-order chi connectivity index (χ1) is 12.6. The zero-order chi connectivity index (χ0) is 18.5. The molecule has 0 radical (unpaired) electrons. The summed E-state index contributed by atoms with van der Waals surface area (Å²) in [5, 5.41) is 0. The highest BCUT2D eigenvalue weighted by Gasteiger charge is 2.25. The summed E-state index contributed by atoms with van der Waals surface area (Å²) in [7, 11) is 0. The summed E-state index contributed by atoms with van der Waals surface area (Å²) in [6.07, 6.45) is 1.93. The third-order valence-corrected chi connectivity index (χ3v) is 4.08. The van der Waals surface area contributed by atoms with Crippen LogP contribution >= 0.6 is 0 Å². The van der Waals surface area contributed by atoms with E-state index in [1.54, 1.807) is 48.5 Å². The number of hydrogen-bond donors (Lipinski definition) is 0. The number of hydrogen-bond acceptors (Lipinski definition) is 2. The summed E-state index contributed by atoms with van der Waals surface area (Å²) in [6, 6.07) is 17.8. The summed E-state index contributed by atoms with van der Waals surface area (Å²) in [5.74, 6) is -0.103. The van der Waals surface area contributed by atoms with Crippen LogP contribution in [0.1, 0.15) is 25.3 Å². The number of aromatic nitrogens is 2. The molecule has 0 bridgehead atoms. The number of halogens is 2. The number of para-hydroxylation sites is 2. The summed E-state index contributed by atoms with van der Waals surface area (Å²) < 4.78 is 33.9. The molecule has 0 atom stereocenters. The Morgan fingerprint density at radius 3 is 1.96 bits per heavy atom. The van der Waals surface area contributed by atoms with Crippen molar-refractivity contribution in [2.45, 2.75) is 32.8 Å². The molecule has 1 heterocycles. The predicted octanol–water partition coefficient (Wildman–Crippen LogP) is 4.57. The molecule has 26 heavy (non-hydrogen) atoms. The summed E-state index contributed by atoms with van der Waals surface area (Å²) >= 11 is 0. The van der Waals surface area contributed by atoms with Crippen LogP contribution in [0.4, 0.5) is 8.78 Å². The van der Waals surface area contributed by atoms with E-state index in [4.69, 9.17) is 4.74 Å².